The highest BCUT2D eigenvalue weighted by atomic mass is 16.5. The Morgan fingerprint density at radius 1 is 1.03 bits per heavy atom. The van der Waals surface area contributed by atoms with Gasteiger partial charge in [0.15, 0.2) is 0 Å². The summed E-state index contributed by atoms with van der Waals surface area (Å²) in [6.07, 6.45) is 0.901. The predicted molar refractivity (Wildman–Crippen MR) is 114 cm³/mol. The van der Waals surface area contributed by atoms with Gasteiger partial charge < -0.3 is 9.64 Å². The molecule has 0 radical (unpaired) electrons. The number of amides is 1. The van der Waals surface area contributed by atoms with E-state index in [1.54, 1.807) is 25.7 Å². The molecule has 0 saturated carbocycles. The summed E-state index contributed by atoms with van der Waals surface area (Å²) >= 11 is 0. The Morgan fingerprint density at radius 2 is 1.65 bits per heavy atom. The number of aryl methyl sites for hydroxylation is 2. The van der Waals surface area contributed by atoms with E-state index in [-0.39, 0.29) is 41.6 Å². The Hall–Kier alpha value is -3.17. The zero-order valence-corrected chi connectivity index (χ0v) is 18.3. The Balaban J connectivity index is 2.11. The van der Waals surface area contributed by atoms with Gasteiger partial charge in [0.1, 0.15) is 5.65 Å². The minimum absolute atomic E-state index is 0.0120. The van der Waals surface area contributed by atoms with Crippen LogP contribution in [0.2, 0.25) is 0 Å². The second kappa shape index (κ2) is 8.91. The molecular formula is C21H28N4O6. The molecule has 0 spiro atoms. The molecule has 2 aromatic rings. The van der Waals surface area contributed by atoms with Crippen LogP contribution in [0.4, 0.5) is 0 Å². The molecule has 31 heavy (non-hydrogen) atoms. The highest BCUT2D eigenvalue weighted by molar-refractivity contribution is 6.05. The number of hydrogen-bond acceptors (Lipinski definition) is 6. The van der Waals surface area contributed by atoms with Crippen LogP contribution in [0, 0.1) is 5.92 Å². The summed E-state index contributed by atoms with van der Waals surface area (Å²) in [5.74, 6) is -0.996. The number of fused-ring (bicyclic) bond motifs is 1. The molecule has 1 saturated heterocycles. The molecule has 0 aromatic carbocycles. The lowest BCUT2D eigenvalue weighted by atomic mass is 9.96. The summed E-state index contributed by atoms with van der Waals surface area (Å²) in [6.45, 7) is 6.48. The molecule has 10 nitrogen and oxygen atoms in total. The Kier molecular flexibility index (Phi) is 6.47. The van der Waals surface area contributed by atoms with Gasteiger partial charge in [0.05, 0.1) is 23.5 Å². The molecule has 1 fully saturated rings. The van der Waals surface area contributed by atoms with Gasteiger partial charge in [-0.25, -0.2) is 4.79 Å². The van der Waals surface area contributed by atoms with Crippen molar-refractivity contribution in [3.63, 3.8) is 0 Å². The molecule has 0 aliphatic carbocycles. The zero-order chi connectivity index (χ0) is 22.9. The molecule has 1 aliphatic rings. The van der Waals surface area contributed by atoms with Gasteiger partial charge in [-0.1, -0.05) is 0 Å². The first-order chi connectivity index (χ1) is 14.8. The van der Waals surface area contributed by atoms with Gasteiger partial charge >= 0.3 is 11.7 Å². The number of pyridine rings is 1. The van der Waals surface area contributed by atoms with Gasteiger partial charge in [0.25, 0.3) is 17.0 Å². The normalized spacial score (nSPS) is 14.8. The van der Waals surface area contributed by atoms with E-state index in [0.717, 1.165) is 4.57 Å². The van der Waals surface area contributed by atoms with Crippen molar-refractivity contribution in [2.24, 2.45) is 13.0 Å². The Bertz CT molecular complexity index is 1200. The highest BCUT2D eigenvalue weighted by Crippen LogP contribution is 2.22. The number of carbonyl (C=O) groups excluding carboxylic acids is 2. The predicted octanol–water partition coefficient (Wildman–Crippen LogP) is 0.317. The molecule has 2 aromatic heterocycles. The summed E-state index contributed by atoms with van der Waals surface area (Å²) in [4.78, 5) is 65.3. The third-order valence-electron chi connectivity index (χ3n) is 5.84. The zero-order valence-electron chi connectivity index (χ0n) is 18.3. The first kappa shape index (κ1) is 22.5. The van der Waals surface area contributed by atoms with Crippen LogP contribution >= 0.6 is 0 Å². The molecule has 0 atom stereocenters. The van der Waals surface area contributed by atoms with Crippen molar-refractivity contribution >= 4 is 22.9 Å². The van der Waals surface area contributed by atoms with Crippen LogP contribution in [0.3, 0.4) is 0 Å². The lowest BCUT2D eigenvalue weighted by molar-refractivity contribution is -0.149. The second-order valence-corrected chi connectivity index (χ2v) is 7.55. The molecular weight excluding hydrogens is 404 g/mol. The van der Waals surface area contributed by atoms with E-state index in [2.05, 4.69) is 0 Å². The number of carbonyl (C=O) groups is 2. The van der Waals surface area contributed by atoms with E-state index in [4.69, 9.17) is 4.74 Å². The number of ether oxygens (including phenoxy) is 1. The SMILES string of the molecule is CCOC(=O)C1CCN(C(=O)c2cc(=O)n(CC)c3c2c(=O)n(CC)c(=O)n3C)CC1. The molecule has 0 unspecified atom stereocenters. The smallest absolute Gasteiger partial charge is 0.332 e. The number of aromatic nitrogens is 3. The largest absolute Gasteiger partial charge is 0.466 e. The average Bonchev–Trinajstić information content (AvgIpc) is 2.77. The maximum absolute atomic E-state index is 13.3. The number of piperidine rings is 1. The van der Waals surface area contributed by atoms with Crippen LogP contribution in [0.25, 0.3) is 11.0 Å². The van der Waals surface area contributed by atoms with Gasteiger partial charge in [-0.05, 0) is 33.6 Å². The molecule has 1 amide bonds. The average molecular weight is 432 g/mol. The number of likely N-dealkylation sites (tertiary alicyclic amines) is 1. The summed E-state index contributed by atoms with van der Waals surface area (Å²) < 4.78 is 8.68. The maximum atomic E-state index is 13.3. The summed E-state index contributed by atoms with van der Waals surface area (Å²) in [5.41, 5.74) is -1.46. The third kappa shape index (κ3) is 3.82. The van der Waals surface area contributed by atoms with Gasteiger partial charge in [0, 0.05) is 39.3 Å². The third-order valence-corrected chi connectivity index (χ3v) is 5.84. The van der Waals surface area contributed by atoms with Gasteiger partial charge in [-0.3, -0.25) is 32.9 Å². The van der Waals surface area contributed by atoms with Crippen molar-refractivity contribution < 1.29 is 14.3 Å². The summed E-state index contributed by atoms with van der Waals surface area (Å²) in [6, 6.07) is 1.18. The minimum atomic E-state index is -0.590. The fourth-order valence-corrected chi connectivity index (χ4v) is 4.19. The molecule has 3 heterocycles. The monoisotopic (exact) mass is 432 g/mol. The van der Waals surface area contributed by atoms with Crippen LogP contribution in [0.5, 0.6) is 0 Å². The number of nitrogens with zero attached hydrogens (tertiary/aromatic N) is 4. The van der Waals surface area contributed by atoms with E-state index in [1.165, 1.54) is 22.2 Å². The molecule has 168 valence electrons. The lowest BCUT2D eigenvalue weighted by Gasteiger charge is -2.31. The quantitative estimate of drug-likeness (QED) is 0.629. The van der Waals surface area contributed by atoms with E-state index in [1.807, 2.05) is 0 Å². The van der Waals surface area contributed by atoms with Crippen molar-refractivity contribution in [2.45, 2.75) is 46.7 Å². The van der Waals surface area contributed by atoms with E-state index < -0.39 is 22.7 Å². The number of hydrogen-bond donors (Lipinski definition) is 0. The maximum Gasteiger partial charge on any atom is 0.332 e. The first-order valence-electron chi connectivity index (χ1n) is 10.6. The van der Waals surface area contributed by atoms with Gasteiger partial charge in [-0.15, -0.1) is 0 Å². The number of esters is 1. The van der Waals surface area contributed by atoms with E-state index in [0.29, 0.717) is 32.5 Å². The minimum Gasteiger partial charge on any atom is -0.466 e. The molecule has 0 bridgehead atoms. The van der Waals surface area contributed by atoms with Crippen molar-refractivity contribution in [1.82, 2.24) is 18.6 Å². The van der Waals surface area contributed by atoms with E-state index >= 15 is 0 Å². The van der Waals surface area contributed by atoms with Crippen molar-refractivity contribution in [1.29, 1.82) is 0 Å². The van der Waals surface area contributed by atoms with Crippen LogP contribution in [-0.2, 0) is 29.7 Å². The molecule has 10 heteroatoms. The van der Waals surface area contributed by atoms with Gasteiger partial charge in [-0.2, -0.15) is 0 Å². The van der Waals surface area contributed by atoms with Crippen LogP contribution in [0.15, 0.2) is 20.4 Å². The second-order valence-electron chi connectivity index (χ2n) is 7.55. The van der Waals surface area contributed by atoms with Crippen LogP contribution < -0.4 is 16.8 Å². The lowest BCUT2D eigenvalue weighted by Crippen LogP contribution is -2.44. The summed E-state index contributed by atoms with van der Waals surface area (Å²) in [5, 5.41) is 0.0583. The molecule has 0 N–H and O–H groups in total. The number of rotatable bonds is 5. The van der Waals surface area contributed by atoms with Crippen molar-refractivity contribution in [3.8, 4) is 0 Å². The fourth-order valence-electron chi connectivity index (χ4n) is 4.19. The molecule has 1 aliphatic heterocycles. The van der Waals surface area contributed by atoms with Crippen LogP contribution in [-0.4, -0.2) is 50.2 Å². The molecule has 3 rings (SSSR count). The van der Waals surface area contributed by atoms with E-state index in [9.17, 15) is 24.0 Å². The van der Waals surface area contributed by atoms with Crippen molar-refractivity contribution in [3.05, 3.63) is 42.8 Å². The van der Waals surface area contributed by atoms with Crippen molar-refractivity contribution in [2.75, 3.05) is 19.7 Å². The Morgan fingerprint density at radius 3 is 2.19 bits per heavy atom. The summed E-state index contributed by atoms with van der Waals surface area (Å²) in [7, 11) is 1.49. The Labute approximate surface area is 178 Å². The first-order valence-corrected chi connectivity index (χ1v) is 10.6. The highest BCUT2D eigenvalue weighted by Gasteiger charge is 2.31. The topological polar surface area (TPSA) is 113 Å². The van der Waals surface area contributed by atoms with Crippen LogP contribution in [0.1, 0.15) is 44.0 Å². The fraction of sp³-hybridized carbons (Fsp3) is 0.571. The standard InChI is InChI=1S/C21H28N4O6/c1-5-24-15(26)12-14(16-17(24)22(4)21(30)25(6-2)19(16)28)18(27)23-10-8-13(9-11-23)20(29)31-7-3/h12-13H,5-11H2,1-4H3. The van der Waals surface area contributed by atoms with Gasteiger partial charge in [0.2, 0.25) is 0 Å².